The van der Waals surface area contributed by atoms with Crippen molar-refractivity contribution >= 4 is 21.6 Å². The number of hydrogen-bond acceptors (Lipinski definition) is 2. The number of hydrogen-bond donors (Lipinski definition) is 0. The van der Waals surface area contributed by atoms with E-state index in [0.717, 1.165) is 12.3 Å². The van der Waals surface area contributed by atoms with Crippen molar-refractivity contribution in [3.8, 4) is 11.1 Å². The number of fused-ring (bicyclic) bond motifs is 4. The van der Waals surface area contributed by atoms with E-state index in [4.69, 9.17) is 4.98 Å². The molecule has 0 fully saturated rings. The van der Waals surface area contributed by atoms with Crippen molar-refractivity contribution in [3.05, 3.63) is 51.5 Å². The molecule has 2 aromatic heterocycles. The number of nitrogens with zero attached hydrogens (tertiary/aromatic N) is 1. The highest BCUT2D eigenvalue weighted by Gasteiger charge is 2.26. The summed E-state index contributed by atoms with van der Waals surface area (Å²) >= 11 is 1.99. The summed E-state index contributed by atoms with van der Waals surface area (Å²) in [4.78, 5) is 8.20. The van der Waals surface area contributed by atoms with Crippen molar-refractivity contribution in [2.45, 2.75) is 71.6 Å². The monoisotopic (exact) mass is 410 g/mol. The zero-order valence-corrected chi connectivity index (χ0v) is 18.6. The molecule has 1 nitrogen and oxygen atoms in total. The third-order valence-corrected chi connectivity index (χ3v) is 7.68. The fourth-order valence-electron chi connectivity index (χ4n) is 5.10. The molecule has 2 aliphatic carbocycles. The van der Waals surface area contributed by atoms with Crippen molar-refractivity contribution in [3.63, 3.8) is 0 Å². The van der Waals surface area contributed by atoms with Crippen molar-refractivity contribution in [1.29, 1.82) is 0 Å². The Morgan fingerprint density at radius 3 is 2.64 bits per heavy atom. The molecule has 0 aliphatic heterocycles. The molecular formula is C25H29ClNS-. The molecule has 1 unspecified atom stereocenters. The van der Waals surface area contributed by atoms with E-state index in [1.807, 2.05) is 11.3 Å². The van der Waals surface area contributed by atoms with Gasteiger partial charge in [-0.1, -0.05) is 49.6 Å². The van der Waals surface area contributed by atoms with Crippen LogP contribution in [0.15, 0.2) is 24.3 Å². The van der Waals surface area contributed by atoms with Gasteiger partial charge >= 0.3 is 0 Å². The van der Waals surface area contributed by atoms with Gasteiger partial charge in [-0.05, 0) is 80.0 Å². The maximum atomic E-state index is 5.27. The van der Waals surface area contributed by atoms with E-state index in [1.54, 1.807) is 16.0 Å². The average molecular weight is 411 g/mol. The lowest BCUT2D eigenvalue weighted by atomic mass is 9.84. The summed E-state index contributed by atoms with van der Waals surface area (Å²) in [6.45, 7) is 4.62. The van der Waals surface area contributed by atoms with E-state index in [1.165, 1.54) is 84.0 Å². The summed E-state index contributed by atoms with van der Waals surface area (Å²) in [6.07, 6.45) is 11.5. The maximum absolute atomic E-state index is 5.27. The molecule has 0 spiro atoms. The van der Waals surface area contributed by atoms with Gasteiger partial charge in [-0.3, -0.25) is 0 Å². The van der Waals surface area contributed by atoms with Crippen LogP contribution in [0.2, 0.25) is 0 Å². The van der Waals surface area contributed by atoms with Crippen molar-refractivity contribution in [2.24, 2.45) is 5.92 Å². The molecular weight excluding hydrogens is 382 g/mol. The second-order valence-electron chi connectivity index (χ2n) is 8.73. The second kappa shape index (κ2) is 8.16. The Bertz CT molecular complexity index is 1000. The molecule has 0 radical (unpaired) electrons. The quantitative estimate of drug-likeness (QED) is 0.589. The van der Waals surface area contributed by atoms with Crippen LogP contribution in [0, 0.1) is 12.8 Å². The Morgan fingerprint density at radius 1 is 1.00 bits per heavy atom. The predicted octanol–water partition coefficient (Wildman–Crippen LogP) is 4.06. The fraction of sp³-hybridized carbons (Fsp3) is 0.480. The van der Waals surface area contributed by atoms with Gasteiger partial charge in [-0.25, -0.2) is 4.98 Å². The van der Waals surface area contributed by atoms with E-state index in [-0.39, 0.29) is 12.4 Å². The molecule has 5 rings (SSSR count). The van der Waals surface area contributed by atoms with Gasteiger partial charge in [-0.15, -0.1) is 11.3 Å². The molecule has 0 amide bonds. The molecule has 0 bridgehead atoms. The summed E-state index contributed by atoms with van der Waals surface area (Å²) in [7, 11) is 0. The van der Waals surface area contributed by atoms with Crippen LogP contribution in [0.4, 0.5) is 0 Å². The molecule has 2 aliphatic rings. The Kier molecular flexibility index (Phi) is 5.81. The molecule has 2 heterocycles. The third-order valence-electron chi connectivity index (χ3n) is 6.53. The van der Waals surface area contributed by atoms with Gasteiger partial charge in [-0.2, -0.15) is 0 Å². The van der Waals surface area contributed by atoms with Crippen molar-refractivity contribution in [2.75, 3.05) is 0 Å². The second-order valence-corrected chi connectivity index (χ2v) is 9.81. The fourth-order valence-corrected chi connectivity index (χ4v) is 6.51. The predicted molar refractivity (Wildman–Crippen MR) is 117 cm³/mol. The summed E-state index contributed by atoms with van der Waals surface area (Å²) in [5, 5.41) is 1.51. The molecule has 0 saturated carbocycles. The molecule has 3 heteroatoms. The lowest BCUT2D eigenvalue weighted by Crippen LogP contribution is -3.00. The van der Waals surface area contributed by atoms with Crippen LogP contribution in [0.25, 0.3) is 21.3 Å². The Labute approximate surface area is 179 Å². The topological polar surface area (TPSA) is 12.9 Å². The first-order valence-corrected chi connectivity index (χ1v) is 11.6. The summed E-state index contributed by atoms with van der Waals surface area (Å²) in [5.74, 6) is 0.814. The van der Waals surface area contributed by atoms with E-state index in [0.29, 0.717) is 0 Å². The lowest BCUT2D eigenvalue weighted by Gasteiger charge is -2.21. The van der Waals surface area contributed by atoms with Crippen LogP contribution in [-0.4, -0.2) is 4.98 Å². The molecule has 28 heavy (non-hydrogen) atoms. The summed E-state index contributed by atoms with van der Waals surface area (Å²) in [5.41, 5.74) is 8.89. The SMILES string of the molecule is Cc1cccc(-c2c3c(nc4sc5c(c24)CCC(C)C5)CCCCCC3)c1.[Cl-]. The maximum Gasteiger partial charge on any atom is 0.124 e. The van der Waals surface area contributed by atoms with Gasteiger partial charge in [0.15, 0.2) is 0 Å². The zero-order chi connectivity index (χ0) is 18.4. The summed E-state index contributed by atoms with van der Waals surface area (Å²) < 4.78 is 0. The van der Waals surface area contributed by atoms with Crippen LogP contribution >= 0.6 is 11.3 Å². The smallest absolute Gasteiger partial charge is 0.124 e. The van der Waals surface area contributed by atoms with Crippen molar-refractivity contribution < 1.29 is 12.4 Å². The average Bonchev–Trinajstić information content (AvgIpc) is 2.98. The van der Waals surface area contributed by atoms with E-state index in [9.17, 15) is 0 Å². The van der Waals surface area contributed by atoms with E-state index in [2.05, 4.69) is 38.1 Å². The van der Waals surface area contributed by atoms with Crippen molar-refractivity contribution in [1.82, 2.24) is 4.98 Å². The van der Waals surface area contributed by atoms with Gasteiger partial charge < -0.3 is 12.4 Å². The van der Waals surface area contributed by atoms with Crippen LogP contribution in [0.5, 0.6) is 0 Å². The summed E-state index contributed by atoms with van der Waals surface area (Å²) in [6, 6.07) is 9.17. The largest absolute Gasteiger partial charge is 1.00 e. The Morgan fingerprint density at radius 2 is 1.82 bits per heavy atom. The first kappa shape index (κ1) is 19.9. The Hall–Kier alpha value is -1.38. The highest BCUT2D eigenvalue weighted by molar-refractivity contribution is 7.19. The number of benzene rings is 1. The number of rotatable bonds is 1. The number of aromatic nitrogens is 1. The van der Waals surface area contributed by atoms with Crippen LogP contribution in [-0.2, 0) is 25.7 Å². The highest BCUT2D eigenvalue weighted by Crippen LogP contribution is 2.45. The van der Waals surface area contributed by atoms with Gasteiger partial charge in [0.05, 0.1) is 0 Å². The van der Waals surface area contributed by atoms with Gasteiger partial charge in [0.2, 0.25) is 0 Å². The Balaban J connectivity index is 0.00000192. The standard InChI is InChI=1S/C25H29NS.ClH/c1-16-8-7-9-18(14-16)23-19-10-5-3-4-6-11-21(19)26-25-24(23)20-13-12-17(2)15-22(20)27-25;/h7-9,14,17H,3-6,10-13,15H2,1-2H3;1H/p-1. The lowest BCUT2D eigenvalue weighted by molar-refractivity contribution is -0.00000556. The minimum Gasteiger partial charge on any atom is -1.00 e. The molecule has 0 saturated heterocycles. The third kappa shape index (κ3) is 3.50. The van der Waals surface area contributed by atoms with Gasteiger partial charge in [0.1, 0.15) is 4.83 Å². The first-order valence-electron chi connectivity index (χ1n) is 10.7. The normalized spacial score (nSPS) is 19.3. The zero-order valence-electron chi connectivity index (χ0n) is 17.0. The number of aryl methyl sites for hydroxylation is 3. The highest BCUT2D eigenvalue weighted by atomic mass is 35.5. The van der Waals surface area contributed by atoms with E-state index < -0.39 is 0 Å². The number of pyridine rings is 1. The molecule has 1 aromatic carbocycles. The molecule has 1 atom stereocenters. The van der Waals surface area contributed by atoms with Crippen LogP contribution in [0.3, 0.4) is 0 Å². The molecule has 3 aromatic rings. The van der Waals surface area contributed by atoms with Gasteiger partial charge in [0, 0.05) is 16.0 Å². The number of thiophene rings is 1. The van der Waals surface area contributed by atoms with Crippen LogP contribution in [0.1, 0.15) is 66.3 Å². The van der Waals surface area contributed by atoms with E-state index >= 15 is 0 Å². The van der Waals surface area contributed by atoms with Gasteiger partial charge in [0.25, 0.3) is 0 Å². The first-order chi connectivity index (χ1) is 13.2. The molecule has 0 N–H and O–H groups in total. The number of halogens is 1. The minimum atomic E-state index is 0. The molecule has 148 valence electrons. The van der Waals surface area contributed by atoms with Crippen LogP contribution < -0.4 is 12.4 Å². The minimum absolute atomic E-state index is 0.